The average molecular weight is 264 g/mol. The predicted octanol–water partition coefficient (Wildman–Crippen LogP) is 3.61. The number of benzene rings is 1. The van der Waals surface area contributed by atoms with Gasteiger partial charge in [0, 0.05) is 24.2 Å². The summed E-state index contributed by atoms with van der Waals surface area (Å²) in [7, 11) is 0. The molecule has 1 fully saturated rings. The summed E-state index contributed by atoms with van der Waals surface area (Å²) in [5, 5.41) is 0.711. The summed E-state index contributed by atoms with van der Waals surface area (Å²) in [5.74, 6) is 0.725. The summed E-state index contributed by atoms with van der Waals surface area (Å²) < 4.78 is 0. The number of nitrogens with zero attached hydrogens (tertiary/aromatic N) is 1. The first kappa shape index (κ1) is 13.2. The Balaban J connectivity index is 1.96. The van der Waals surface area contributed by atoms with E-state index in [1.165, 1.54) is 6.42 Å². The Morgan fingerprint density at radius 3 is 2.78 bits per heavy atom. The van der Waals surface area contributed by atoms with Crippen LogP contribution in [0.1, 0.15) is 25.3 Å². The summed E-state index contributed by atoms with van der Waals surface area (Å²) in [4.78, 5) is 13.9. The minimum Gasteiger partial charge on any atom is -0.339 e. The van der Waals surface area contributed by atoms with Crippen molar-refractivity contribution in [3.63, 3.8) is 0 Å². The van der Waals surface area contributed by atoms with Gasteiger partial charge in [-0.2, -0.15) is 0 Å². The maximum Gasteiger partial charge on any atom is 0.246 e. The van der Waals surface area contributed by atoms with Gasteiger partial charge in [-0.3, -0.25) is 4.79 Å². The van der Waals surface area contributed by atoms with Gasteiger partial charge in [-0.1, -0.05) is 30.7 Å². The molecule has 0 spiro atoms. The van der Waals surface area contributed by atoms with Crippen molar-refractivity contribution in [3.8, 4) is 0 Å². The zero-order valence-corrected chi connectivity index (χ0v) is 11.4. The molecule has 3 heteroatoms. The lowest BCUT2D eigenvalue weighted by molar-refractivity contribution is -0.127. The first-order valence-corrected chi connectivity index (χ1v) is 6.75. The second kappa shape index (κ2) is 6.05. The molecule has 0 aliphatic carbocycles. The third kappa shape index (κ3) is 3.61. The van der Waals surface area contributed by atoms with Gasteiger partial charge in [0.25, 0.3) is 0 Å². The van der Waals surface area contributed by atoms with Crippen LogP contribution in [0, 0.1) is 5.92 Å². The Morgan fingerprint density at radius 2 is 2.11 bits per heavy atom. The van der Waals surface area contributed by atoms with Crippen LogP contribution in [0.2, 0.25) is 5.02 Å². The van der Waals surface area contributed by atoms with Gasteiger partial charge < -0.3 is 4.90 Å². The third-order valence-electron chi connectivity index (χ3n) is 3.26. The van der Waals surface area contributed by atoms with Gasteiger partial charge in [-0.15, -0.1) is 0 Å². The molecule has 2 nitrogen and oxygen atoms in total. The summed E-state index contributed by atoms with van der Waals surface area (Å²) in [6.07, 6.45) is 5.84. The SMILES string of the molecule is C[C@H]1CCCN(C(=O)/C=C/c2ccc(Cl)cc2)C1. The zero-order chi connectivity index (χ0) is 13.0. The van der Waals surface area contributed by atoms with Gasteiger partial charge in [0.05, 0.1) is 0 Å². The summed E-state index contributed by atoms with van der Waals surface area (Å²) >= 11 is 5.81. The van der Waals surface area contributed by atoms with Crippen LogP contribution in [0.25, 0.3) is 6.08 Å². The summed E-state index contributed by atoms with van der Waals surface area (Å²) in [6.45, 7) is 3.96. The summed E-state index contributed by atoms with van der Waals surface area (Å²) in [5.41, 5.74) is 0.998. The topological polar surface area (TPSA) is 20.3 Å². The van der Waals surface area contributed by atoms with Crippen LogP contribution in [-0.4, -0.2) is 23.9 Å². The Kier molecular flexibility index (Phi) is 4.43. The van der Waals surface area contributed by atoms with E-state index < -0.39 is 0 Å². The highest BCUT2D eigenvalue weighted by molar-refractivity contribution is 6.30. The predicted molar refractivity (Wildman–Crippen MR) is 75.5 cm³/mol. The molecule has 1 heterocycles. The molecular weight excluding hydrogens is 246 g/mol. The molecule has 0 saturated carbocycles. The molecule has 1 aromatic carbocycles. The highest BCUT2D eigenvalue weighted by Gasteiger charge is 2.18. The minimum absolute atomic E-state index is 0.108. The van der Waals surface area contributed by atoms with Crippen LogP contribution >= 0.6 is 11.6 Å². The fourth-order valence-corrected chi connectivity index (χ4v) is 2.36. The molecule has 1 aromatic rings. The largest absolute Gasteiger partial charge is 0.339 e. The van der Waals surface area contributed by atoms with E-state index in [0.29, 0.717) is 10.9 Å². The minimum atomic E-state index is 0.108. The Morgan fingerprint density at radius 1 is 1.39 bits per heavy atom. The molecule has 18 heavy (non-hydrogen) atoms. The number of piperidine rings is 1. The maximum absolute atomic E-state index is 12.0. The maximum atomic E-state index is 12.0. The molecule has 2 rings (SSSR count). The van der Waals surface area contributed by atoms with Gasteiger partial charge in [0.2, 0.25) is 5.91 Å². The molecule has 0 bridgehead atoms. The molecule has 1 aliphatic heterocycles. The average Bonchev–Trinajstić information content (AvgIpc) is 2.38. The molecular formula is C15H18ClNO. The van der Waals surface area contributed by atoms with Crippen molar-refractivity contribution in [2.75, 3.05) is 13.1 Å². The third-order valence-corrected chi connectivity index (χ3v) is 3.51. The van der Waals surface area contributed by atoms with Crippen LogP contribution in [0.4, 0.5) is 0 Å². The second-order valence-electron chi connectivity index (χ2n) is 4.92. The van der Waals surface area contributed by atoms with Crippen molar-refractivity contribution < 1.29 is 4.79 Å². The van der Waals surface area contributed by atoms with E-state index in [-0.39, 0.29) is 5.91 Å². The highest BCUT2D eigenvalue weighted by atomic mass is 35.5. The number of rotatable bonds is 2. The fourth-order valence-electron chi connectivity index (χ4n) is 2.24. The van der Waals surface area contributed by atoms with Crippen LogP contribution in [0.3, 0.4) is 0 Å². The molecule has 1 aliphatic rings. The Bertz CT molecular complexity index is 438. The van der Waals surface area contributed by atoms with Gasteiger partial charge in [-0.25, -0.2) is 0 Å². The Labute approximate surface area is 113 Å². The molecule has 96 valence electrons. The quantitative estimate of drug-likeness (QED) is 0.747. The van der Waals surface area contributed by atoms with E-state index in [2.05, 4.69) is 6.92 Å². The lowest BCUT2D eigenvalue weighted by atomic mass is 10.0. The lowest BCUT2D eigenvalue weighted by Crippen LogP contribution is -2.38. The second-order valence-corrected chi connectivity index (χ2v) is 5.35. The van der Waals surface area contributed by atoms with Crippen molar-refractivity contribution in [3.05, 3.63) is 40.9 Å². The molecule has 1 saturated heterocycles. The van der Waals surface area contributed by atoms with Crippen molar-refractivity contribution in [1.29, 1.82) is 0 Å². The number of halogens is 1. The number of likely N-dealkylation sites (tertiary alicyclic amines) is 1. The molecule has 0 unspecified atom stereocenters. The van der Waals surface area contributed by atoms with Gasteiger partial charge in [0.15, 0.2) is 0 Å². The van der Waals surface area contributed by atoms with E-state index in [1.807, 2.05) is 35.2 Å². The molecule has 1 atom stereocenters. The number of hydrogen-bond donors (Lipinski definition) is 0. The van der Waals surface area contributed by atoms with Crippen molar-refractivity contribution in [2.24, 2.45) is 5.92 Å². The van der Waals surface area contributed by atoms with E-state index in [9.17, 15) is 4.79 Å². The first-order valence-electron chi connectivity index (χ1n) is 6.38. The lowest BCUT2D eigenvalue weighted by Gasteiger charge is -2.30. The van der Waals surface area contributed by atoms with Crippen molar-refractivity contribution >= 4 is 23.6 Å². The number of amides is 1. The zero-order valence-electron chi connectivity index (χ0n) is 10.6. The van der Waals surface area contributed by atoms with Crippen LogP contribution in [0.15, 0.2) is 30.3 Å². The highest BCUT2D eigenvalue weighted by Crippen LogP contribution is 2.16. The summed E-state index contributed by atoms with van der Waals surface area (Å²) in [6, 6.07) is 7.47. The monoisotopic (exact) mass is 263 g/mol. The van der Waals surface area contributed by atoms with Crippen molar-refractivity contribution in [1.82, 2.24) is 4.90 Å². The normalized spacial score (nSPS) is 20.3. The van der Waals surface area contributed by atoms with E-state index >= 15 is 0 Å². The molecule has 0 radical (unpaired) electrons. The van der Waals surface area contributed by atoms with E-state index in [4.69, 9.17) is 11.6 Å². The first-order chi connectivity index (χ1) is 8.65. The fraction of sp³-hybridized carbons (Fsp3) is 0.400. The van der Waals surface area contributed by atoms with Crippen LogP contribution in [-0.2, 0) is 4.79 Å². The van der Waals surface area contributed by atoms with Gasteiger partial charge in [-0.05, 0) is 42.5 Å². The number of carbonyl (C=O) groups excluding carboxylic acids is 1. The van der Waals surface area contributed by atoms with Crippen LogP contribution < -0.4 is 0 Å². The van der Waals surface area contributed by atoms with Crippen LogP contribution in [0.5, 0.6) is 0 Å². The smallest absolute Gasteiger partial charge is 0.246 e. The van der Waals surface area contributed by atoms with Gasteiger partial charge in [0.1, 0.15) is 0 Å². The van der Waals surface area contributed by atoms with Crippen molar-refractivity contribution in [2.45, 2.75) is 19.8 Å². The number of carbonyl (C=O) groups is 1. The van der Waals surface area contributed by atoms with E-state index in [1.54, 1.807) is 6.08 Å². The van der Waals surface area contributed by atoms with Gasteiger partial charge >= 0.3 is 0 Å². The standard InChI is InChI=1S/C15H18ClNO/c1-12-3-2-10-17(11-12)15(18)9-6-13-4-7-14(16)8-5-13/h4-9,12H,2-3,10-11H2,1H3/b9-6+/t12-/m0/s1. The Hall–Kier alpha value is -1.28. The van der Waals surface area contributed by atoms with E-state index in [0.717, 1.165) is 25.1 Å². The number of hydrogen-bond acceptors (Lipinski definition) is 1. The molecule has 0 aromatic heterocycles. The molecule has 1 amide bonds. The molecule has 0 N–H and O–H groups in total.